The average molecular weight is 352 g/mol. The molecule has 0 radical (unpaired) electrons. The van der Waals surface area contributed by atoms with E-state index in [4.69, 9.17) is 4.74 Å². The molecule has 0 atom stereocenters. The number of carbonyl (C=O) groups excluding carboxylic acids is 1. The molecule has 2 heteroatoms. The first-order valence-electron chi connectivity index (χ1n) is 9.06. The minimum Gasteiger partial charge on any atom is -0.485 e. The summed E-state index contributed by atoms with van der Waals surface area (Å²) in [5, 5.41) is 2.26. The van der Waals surface area contributed by atoms with Crippen LogP contribution in [0.3, 0.4) is 0 Å². The quantitative estimate of drug-likeness (QED) is 0.417. The SMILES string of the molecule is O=C(COc1ccc2ccccc2c1)c1ccc(Cc2ccccc2)cc1. The summed E-state index contributed by atoms with van der Waals surface area (Å²) in [7, 11) is 0. The van der Waals surface area contributed by atoms with Gasteiger partial charge in [0.05, 0.1) is 0 Å². The summed E-state index contributed by atoms with van der Waals surface area (Å²) >= 11 is 0. The fourth-order valence-electron chi connectivity index (χ4n) is 3.13. The minimum absolute atomic E-state index is 0.0191. The van der Waals surface area contributed by atoms with Gasteiger partial charge in [-0.3, -0.25) is 4.79 Å². The smallest absolute Gasteiger partial charge is 0.200 e. The van der Waals surface area contributed by atoms with Crippen molar-refractivity contribution < 1.29 is 9.53 Å². The van der Waals surface area contributed by atoms with E-state index < -0.39 is 0 Å². The van der Waals surface area contributed by atoms with E-state index in [2.05, 4.69) is 18.2 Å². The van der Waals surface area contributed by atoms with Crippen LogP contribution >= 0.6 is 0 Å². The van der Waals surface area contributed by atoms with E-state index in [-0.39, 0.29) is 12.4 Å². The third kappa shape index (κ3) is 4.24. The van der Waals surface area contributed by atoms with E-state index in [1.807, 2.05) is 78.9 Å². The van der Waals surface area contributed by atoms with Crippen molar-refractivity contribution in [3.8, 4) is 5.75 Å². The van der Waals surface area contributed by atoms with Crippen LogP contribution < -0.4 is 4.74 Å². The van der Waals surface area contributed by atoms with Crippen molar-refractivity contribution in [1.29, 1.82) is 0 Å². The van der Waals surface area contributed by atoms with Crippen LogP contribution in [0.4, 0.5) is 0 Å². The molecule has 4 rings (SSSR count). The number of Topliss-reactive ketones (excluding diaryl/α,β-unsaturated/α-hetero) is 1. The van der Waals surface area contributed by atoms with E-state index in [0.717, 1.165) is 17.2 Å². The molecule has 0 N–H and O–H groups in total. The van der Waals surface area contributed by atoms with Crippen molar-refractivity contribution in [3.05, 3.63) is 114 Å². The number of rotatable bonds is 6. The monoisotopic (exact) mass is 352 g/mol. The lowest BCUT2D eigenvalue weighted by molar-refractivity contribution is 0.0921. The number of benzene rings is 4. The zero-order valence-corrected chi connectivity index (χ0v) is 15.0. The molecule has 4 aromatic carbocycles. The van der Waals surface area contributed by atoms with E-state index in [0.29, 0.717) is 11.3 Å². The molecule has 0 bridgehead atoms. The lowest BCUT2D eigenvalue weighted by Crippen LogP contribution is -2.11. The molecule has 0 aliphatic carbocycles. The Labute approximate surface area is 159 Å². The molecular weight excluding hydrogens is 332 g/mol. The summed E-state index contributed by atoms with van der Waals surface area (Å²) in [5.41, 5.74) is 3.12. The molecular formula is C25H20O2. The number of hydrogen-bond donors (Lipinski definition) is 0. The molecule has 0 saturated heterocycles. The summed E-state index contributed by atoms with van der Waals surface area (Å²) in [6.07, 6.45) is 0.864. The molecule has 0 unspecified atom stereocenters. The molecule has 4 aromatic rings. The van der Waals surface area contributed by atoms with Crippen LogP contribution in [0.25, 0.3) is 10.8 Å². The van der Waals surface area contributed by atoms with Gasteiger partial charge in [-0.15, -0.1) is 0 Å². The highest BCUT2D eigenvalue weighted by molar-refractivity contribution is 5.97. The average Bonchev–Trinajstić information content (AvgIpc) is 2.73. The zero-order chi connectivity index (χ0) is 18.5. The Bertz CT molecular complexity index is 1050. The molecule has 0 heterocycles. The summed E-state index contributed by atoms with van der Waals surface area (Å²) < 4.78 is 5.71. The highest BCUT2D eigenvalue weighted by Gasteiger charge is 2.08. The van der Waals surface area contributed by atoms with Gasteiger partial charge in [0, 0.05) is 5.56 Å². The Kier molecular flexibility index (Phi) is 4.97. The van der Waals surface area contributed by atoms with Gasteiger partial charge in [0.15, 0.2) is 12.4 Å². The van der Waals surface area contributed by atoms with Crippen LogP contribution in [0.1, 0.15) is 21.5 Å². The highest BCUT2D eigenvalue weighted by Crippen LogP contribution is 2.21. The van der Waals surface area contributed by atoms with Gasteiger partial charge in [0.2, 0.25) is 0 Å². The van der Waals surface area contributed by atoms with Crippen LogP contribution in [0.5, 0.6) is 5.75 Å². The Morgan fingerprint density at radius 3 is 2.11 bits per heavy atom. The number of fused-ring (bicyclic) bond motifs is 1. The Morgan fingerprint density at radius 2 is 1.33 bits per heavy atom. The molecule has 0 aliphatic rings. The van der Waals surface area contributed by atoms with Gasteiger partial charge < -0.3 is 4.74 Å². The topological polar surface area (TPSA) is 26.3 Å². The van der Waals surface area contributed by atoms with Crippen molar-refractivity contribution in [2.45, 2.75) is 6.42 Å². The third-order valence-corrected chi connectivity index (χ3v) is 4.62. The van der Waals surface area contributed by atoms with Gasteiger partial charge in [-0.1, -0.05) is 84.9 Å². The minimum atomic E-state index is -0.0191. The highest BCUT2D eigenvalue weighted by atomic mass is 16.5. The maximum absolute atomic E-state index is 12.4. The van der Waals surface area contributed by atoms with Gasteiger partial charge in [0.1, 0.15) is 5.75 Å². The molecule has 0 saturated carbocycles. The first-order valence-corrected chi connectivity index (χ1v) is 9.06. The maximum Gasteiger partial charge on any atom is 0.200 e. The van der Waals surface area contributed by atoms with E-state index >= 15 is 0 Å². The van der Waals surface area contributed by atoms with Gasteiger partial charge in [0.25, 0.3) is 0 Å². The first kappa shape index (κ1) is 17.0. The van der Waals surface area contributed by atoms with Crippen LogP contribution in [-0.4, -0.2) is 12.4 Å². The lowest BCUT2D eigenvalue weighted by Gasteiger charge is -2.08. The predicted octanol–water partition coefficient (Wildman–Crippen LogP) is 5.69. The third-order valence-electron chi connectivity index (χ3n) is 4.62. The molecule has 0 fully saturated rings. The largest absolute Gasteiger partial charge is 0.485 e. The fourth-order valence-corrected chi connectivity index (χ4v) is 3.13. The lowest BCUT2D eigenvalue weighted by atomic mass is 10.0. The number of ether oxygens (including phenoxy) is 1. The fraction of sp³-hybridized carbons (Fsp3) is 0.0800. The zero-order valence-electron chi connectivity index (χ0n) is 15.0. The van der Waals surface area contributed by atoms with Crippen molar-refractivity contribution in [3.63, 3.8) is 0 Å². The predicted molar refractivity (Wildman–Crippen MR) is 109 cm³/mol. The number of carbonyl (C=O) groups is 1. The van der Waals surface area contributed by atoms with Gasteiger partial charge in [-0.05, 0) is 40.5 Å². The molecule has 0 aliphatic heterocycles. The second-order valence-corrected chi connectivity index (χ2v) is 6.58. The second-order valence-electron chi connectivity index (χ2n) is 6.58. The summed E-state index contributed by atoms with van der Waals surface area (Å²) in [6, 6.07) is 32.1. The molecule has 27 heavy (non-hydrogen) atoms. The summed E-state index contributed by atoms with van der Waals surface area (Å²) in [4.78, 5) is 12.4. The molecule has 2 nitrogen and oxygen atoms in total. The number of hydrogen-bond acceptors (Lipinski definition) is 2. The van der Waals surface area contributed by atoms with Crippen molar-refractivity contribution in [2.75, 3.05) is 6.61 Å². The van der Waals surface area contributed by atoms with Crippen LogP contribution in [0.15, 0.2) is 97.1 Å². The van der Waals surface area contributed by atoms with Gasteiger partial charge >= 0.3 is 0 Å². The van der Waals surface area contributed by atoms with Crippen molar-refractivity contribution >= 4 is 16.6 Å². The maximum atomic E-state index is 12.4. The standard InChI is InChI=1S/C25H20O2/c26-25(18-27-24-15-14-21-8-4-5-9-23(21)17-24)22-12-10-20(11-13-22)16-19-6-2-1-3-7-19/h1-15,17H,16,18H2. The molecule has 0 aromatic heterocycles. The summed E-state index contributed by atoms with van der Waals surface area (Å²) in [5.74, 6) is 0.692. The van der Waals surface area contributed by atoms with Crippen LogP contribution in [0, 0.1) is 0 Å². The van der Waals surface area contributed by atoms with E-state index in [1.54, 1.807) is 0 Å². The van der Waals surface area contributed by atoms with Crippen molar-refractivity contribution in [1.82, 2.24) is 0 Å². The van der Waals surface area contributed by atoms with Crippen LogP contribution in [0.2, 0.25) is 0 Å². The summed E-state index contributed by atoms with van der Waals surface area (Å²) in [6.45, 7) is 0.0381. The Balaban J connectivity index is 1.38. The molecule has 0 spiro atoms. The first-order chi connectivity index (χ1) is 13.3. The van der Waals surface area contributed by atoms with E-state index in [1.165, 1.54) is 11.1 Å². The molecule has 0 amide bonds. The van der Waals surface area contributed by atoms with Gasteiger partial charge in [-0.2, -0.15) is 0 Å². The van der Waals surface area contributed by atoms with E-state index in [9.17, 15) is 4.79 Å². The van der Waals surface area contributed by atoms with Crippen LogP contribution in [-0.2, 0) is 6.42 Å². The number of ketones is 1. The normalized spacial score (nSPS) is 10.7. The Hall–Kier alpha value is -3.39. The second kappa shape index (κ2) is 7.88. The molecule has 132 valence electrons. The Morgan fingerprint density at radius 1 is 0.667 bits per heavy atom. The van der Waals surface area contributed by atoms with Crippen molar-refractivity contribution in [2.24, 2.45) is 0 Å². The van der Waals surface area contributed by atoms with Gasteiger partial charge in [-0.25, -0.2) is 0 Å².